The molecule has 2 fully saturated rings. The van der Waals surface area contributed by atoms with Crippen LogP contribution in [-0.4, -0.2) is 50.8 Å². The van der Waals surface area contributed by atoms with Crippen molar-refractivity contribution in [2.45, 2.75) is 135 Å². The molecule has 2 saturated heterocycles. The van der Waals surface area contributed by atoms with Crippen LogP contribution in [0.3, 0.4) is 0 Å². The standard InChI is InChI=1S/C25H45N3O3/c1-7-8-9-10-11-12-13-14-15-16-17-27-21(30)25(26-22(27)31)18-23(3,4)28(20(2)29)24(5,6)19-25/h7-19H2,1-6H3,(H,26,31). The third-order valence-corrected chi connectivity index (χ3v) is 6.98. The lowest BCUT2D eigenvalue weighted by atomic mass is 9.69. The maximum absolute atomic E-state index is 13.4. The molecule has 178 valence electrons. The first kappa shape index (κ1) is 25.7. The van der Waals surface area contributed by atoms with Gasteiger partial charge in [0.2, 0.25) is 5.91 Å². The summed E-state index contributed by atoms with van der Waals surface area (Å²) in [5.41, 5.74) is -1.93. The highest BCUT2D eigenvalue weighted by Gasteiger charge is 2.61. The first-order valence-corrected chi connectivity index (χ1v) is 12.4. The topological polar surface area (TPSA) is 69.7 Å². The maximum atomic E-state index is 13.4. The van der Waals surface area contributed by atoms with E-state index in [1.54, 1.807) is 6.92 Å². The summed E-state index contributed by atoms with van der Waals surface area (Å²) in [5.74, 6) is -0.110. The van der Waals surface area contributed by atoms with Gasteiger partial charge in [-0.05, 0) is 34.1 Å². The smallest absolute Gasteiger partial charge is 0.325 e. The summed E-state index contributed by atoms with van der Waals surface area (Å²) in [6, 6.07) is -0.274. The second kappa shape index (κ2) is 10.4. The summed E-state index contributed by atoms with van der Waals surface area (Å²) in [4.78, 5) is 41.7. The Kier molecular flexibility index (Phi) is 8.57. The summed E-state index contributed by atoms with van der Waals surface area (Å²) in [6.07, 6.45) is 13.1. The van der Waals surface area contributed by atoms with Crippen molar-refractivity contribution in [1.82, 2.24) is 15.1 Å². The zero-order valence-corrected chi connectivity index (χ0v) is 20.8. The Labute approximate surface area is 189 Å². The third kappa shape index (κ3) is 6.01. The quantitative estimate of drug-likeness (QED) is 0.349. The Morgan fingerprint density at radius 2 is 1.29 bits per heavy atom. The molecule has 1 N–H and O–H groups in total. The van der Waals surface area contributed by atoms with E-state index in [1.165, 1.54) is 49.8 Å². The van der Waals surface area contributed by atoms with Gasteiger partial charge in [0.15, 0.2) is 0 Å². The molecule has 0 aromatic heterocycles. The Morgan fingerprint density at radius 1 is 0.839 bits per heavy atom. The van der Waals surface area contributed by atoms with Gasteiger partial charge in [-0.3, -0.25) is 14.5 Å². The number of imide groups is 1. The first-order chi connectivity index (χ1) is 14.5. The monoisotopic (exact) mass is 435 g/mol. The molecule has 6 nitrogen and oxygen atoms in total. The second-order valence-electron chi connectivity index (χ2n) is 11.0. The summed E-state index contributed by atoms with van der Waals surface area (Å²) in [7, 11) is 0. The Hall–Kier alpha value is -1.59. The number of amides is 4. The molecule has 0 saturated carbocycles. The van der Waals surface area contributed by atoms with Gasteiger partial charge >= 0.3 is 6.03 Å². The molecular formula is C25H45N3O3. The maximum Gasteiger partial charge on any atom is 0.325 e. The molecule has 31 heavy (non-hydrogen) atoms. The number of hydrogen-bond acceptors (Lipinski definition) is 3. The van der Waals surface area contributed by atoms with Crippen molar-refractivity contribution < 1.29 is 14.4 Å². The lowest BCUT2D eigenvalue weighted by Gasteiger charge is -2.57. The molecule has 0 unspecified atom stereocenters. The van der Waals surface area contributed by atoms with Crippen molar-refractivity contribution in [1.29, 1.82) is 0 Å². The van der Waals surface area contributed by atoms with Crippen molar-refractivity contribution in [3.8, 4) is 0 Å². The molecule has 2 aliphatic rings. The van der Waals surface area contributed by atoms with Crippen LogP contribution in [-0.2, 0) is 9.59 Å². The number of nitrogens with zero attached hydrogens (tertiary/aromatic N) is 2. The van der Waals surface area contributed by atoms with Gasteiger partial charge in [-0.1, -0.05) is 64.7 Å². The van der Waals surface area contributed by atoms with Crippen LogP contribution >= 0.6 is 0 Å². The fourth-order valence-corrected chi connectivity index (χ4v) is 6.25. The van der Waals surface area contributed by atoms with Gasteiger partial charge in [-0.15, -0.1) is 0 Å². The highest BCUT2D eigenvalue weighted by Crippen LogP contribution is 2.46. The molecule has 6 heteroatoms. The zero-order valence-electron chi connectivity index (χ0n) is 20.8. The number of hydrogen-bond donors (Lipinski definition) is 1. The largest absolute Gasteiger partial charge is 0.332 e. The molecule has 2 rings (SSSR count). The van der Waals surface area contributed by atoms with Gasteiger partial charge in [0, 0.05) is 37.4 Å². The number of rotatable bonds is 11. The van der Waals surface area contributed by atoms with E-state index < -0.39 is 16.6 Å². The number of piperidine rings is 1. The summed E-state index contributed by atoms with van der Waals surface area (Å²) in [6.45, 7) is 12.3. The molecule has 0 radical (unpaired) electrons. The normalized spacial score (nSPS) is 21.6. The fourth-order valence-electron chi connectivity index (χ4n) is 6.25. The molecule has 4 amide bonds. The van der Waals surface area contributed by atoms with Gasteiger partial charge in [-0.25, -0.2) is 4.79 Å². The Balaban J connectivity index is 1.85. The van der Waals surface area contributed by atoms with E-state index in [2.05, 4.69) is 12.2 Å². The molecule has 1 spiro atoms. The second-order valence-corrected chi connectivity index (χ2v) is 11.0. The Bertz CT molecular complexity index is 638. The zero-order chi connectivity index (χ0) is 23.3. The minimum atomic E-state index is -0.908. The summed E-state index contributed by atoms with van der Waals surface area (Å²) in [5, 5.41) is 3.02. The fraction of sp³-hybridized carbons (Fsp3) is 0.880. The van der Waals surface area contributed by atoms with Gasteiger partial charge < -0.3 is 10.2 Å². The van der Waals surface area contributed by atoms with Crippen LogP contribution in [0.1, 0.15) is 119 Å². The van der Waals surface area contributed by atoms with Crippen molar-refractivity contribution >= 4 is 17.8 Å². The highest BCUT2D eigenvalue weighted by atomic mass is 16.2. The van der Waals surface area contributed by atoms with Crippen LogP contribution in [0.2, 0.25) is 0 Å². The van der Waals surface area contributed by atoms with Gasteiger partial charge in [0.05, 0.1) is 0 Å². The third-order valence-electron chi connectivity index (χ3n) is 6.98. The summed E-state index contributed by atoms with van der Waals surface area (Å²) >= 11 is 0. The number of carbonyl (C=O) groups excluding carboxylic acids is 3. The van der Waals surface area contributed by atoms with Gasteiger partial charge in [0.1, 0.15) is 5.54 Å². The minimum Gasteiger partial charge on any atom is -0.332 e. The molecule has 0 atom stereocenters. The van der Waals surface area contributed by atoms with Crippen LogP contribution in [0.5, 0.6) is 0 Å². The highest BCUT2D eigenvalue weighted by molar-refractivity contribution is 6.07. The molecule has 0 aromatic carbocycles. The lowest BCUT2D eigenvalue weighted by molar-refractivity contribution is -0.156. The van der Waals surface area contributed by atoms with Crippen LogP contribution in [0.4, 0.5) is 4.79 Å². The molecule has 0 bridgehead atoms. The average molecular weight is 436 g/mol. The molecule has 0 aliphatic carbocycles. The van der Waals surface area contributed by atoms with Crippen molar-refractivity contribution in [3.05, 3.63) is 0 Å². The lowest BCUT2D eigenvalue weighted by Crippen LogP contribution is -2.70. The number of urea groups is 1. The van der Waals surface area contributed by atoms with Crippen molar-refractivity contribution in [2.24, 2.45) is 0 Å². The van der Waals surface area contributed by atoms with Gasteiger partial charge in [-0.2, -0.15) is 0 Å². The molecule has 2 aliphatic heterocycles. The number of likely N-dealkylation sites (tertiary alicyclic amines) is 1. The van der Waals surface area contributed by atoms with E-state index in [0.717, 1.165) is 19.3 Å². The molecular weight excluding hydrogens is 390 g/mol. The van der Waals surface area contributed by atoms with E-state index in [9.17, 15) is 14.4 Å². The average Bonchev–Trinajstić information content (AvgIpc) is 2.83. The number of unbranched alkanes of at least 4 members (excludes halogenated alkanes) is 9. The van der Waals surface area contributed by atoms with Crippen LogP contribution < -0.4 is 5.32 Å². The predicted octanol–water partition coefficient (Wildman–Crippen LogP) is 5.40. The molecule has 2 heterocycles. The van der Waals surface area contributed by atoms with Crippen LogP contribution in [0.25, 0.3) is 0 Å². The minimum absolute atomic E-state index is 0.00356. The predicted molar refractivity (Wildman–Crippen MR) is 125 cm³/mol. The van der Waals surface area contributed by atoms with Gasteiger partial charge in [0.25, 0.3) is 5.91 Å². The summed E-state index contributed by atoms with van der Waals surface area (Å²) < 4.78 is 0. The van der Waals surface area contributed by atoms with Crippen molar-refractivity contribution in [3.63, 3.8) is 0 Å². The SMILES string of the molecule is CCCCCCCCCCCCN1C(=O)NC2(CC(C)(C)N(C(C)=O)C(C)(C)C2)C1=O. The van der Waals surface area contributed by atoms with E-state index in [1.807, 2.05) is 32.6 Å². The number of nitrogens with one attached hydrogen (secondary N) is 1. The van der Waals surface area contributed by atoms with E-state index in [0.29, 0.717) is 19.4 Å². The molecule has 0 aromatic rings. The van der Waals surface area contributed by atoms with Crippen LogP contribution in [0.15, 0.2) is 0 Å². The van der Waals surface area contributed by atoms with E-state index in [4.69, 9.17) is 0 Å². The first-order valence-electron chi connectivity index (χ1n) is 12.4. The van der Waals surface area contributed by atoms with E-state index >= 15 is 0 Å². The Morgan fingerprint density at radius 3 is 1.74 bits per heavy atom. The van der Waals surface area contributed by atoms with Crippen molar-refractivity contribution in [2.75, 3.05) is 6.54 Å². The van der Waals surface area contributed by atoms with Crippen LogP contribution in [0, 0.1) is 0 Å². The van der Waals surface area contributed by atoms with E-state index in [-0.39, 0.29) is 17.8 Å². The number of carbonyl (C=O) groups is 3.